The fraction of sp³-hybridized carbons (Fsp3) is 0.571. The lowest BCUT2D eigenvalue weighted by Gasteiger charge is -2.21. The predicted octanol–water partition coefficient (Wildman–Crippen LogP) is 2.59. The van der Waals surface area contributed by atoms with Crippen LogP contribution >= 0.6 is 0 Å². The Bertz CT molecular complexity index is 465. The van der Waals surface area contributed by atoms with Gasteiger partial charge in [0.05, 0.1) is 5.56 Å². The third-order valence-corrected chi connectivity index (χ3v) is 3.94. The number of hydrogen-bond acceptors (Lipinski definition) is 3. The summed E-state index contributed by atoms with van der Waals surface area (Å²) in [6, 6.07) is 3.32. The normalized spacial score (nSPS) is 24.3. The van der Waals surface area contributed by atoms with Crippen LogP contribution in [0, 0.1) is 12.8 Å². The number of phenolic OH excluding ortho intramolecular Hbond substituents is 1. The Kier molecular flexibility index (Phi) is 4.06. The first-order valence-corrected chi connectivity index (χ1v) is 6.45. The minimum absolute atomic E-state index is 0.102. The van der Waals surface area contributed by atoms with E-state index in [-0.39, 0.29) is 17.4 Å². The summed E-state index contributed by atoms with van der Waals surface area (Å²) in [5.41, 5.74) is 6.74. The zero-order valence-electron chi connectivity index (χ0n) is 11.2. The molecule has 3 N–H and O–H groups in total. The molecule has 0 bridgehead atoms. The van der Waals surface area contributed by atoms with E-state index in [1.807, 2.05) is 7.05 Å². The molecule has 1 aliphatic heterocycles. The van der Waals surface area contributed by atoms with Crippen LogP contribution in [-0.2, 0) is 0 Å². The molecule has 1 heterocycles. The van der Waals surface area contributed by atoms with E-state index in [2.05, 4.69) is 4.90 Å². The third-order valence-electron chi connectivity index (χ3n) is 3.94. The van der Waals surface area contributed by atoms with Gasteiger partial charge in [0.1, 0.15) is 5.75 Å². The molecule has 0 amide bonds. The van der Waals surface area contributed by atoms with Crippen LogP contribution in [0.3, 0.4) is 0 Å². The number of likely N-dealkylation sites (tertiary alicyclic amines) is 1. The van der Waals surface area contributed by atoms with Crippen molar-refractivity contribution >= 4 is 0 Å². The van der Waals surface area contributed by atoms with Crippen LogP contribution in [0.4, 0.5) is 8.78 Å². The van der Waals surface area contributed by atoms with Gasteiger partial charge in [0.25, 0.3) is 6.43 Å². The highest BCUT2D eigenvalue weighted by Crippen LogP contribution is 2.39. The van der Waals surface area contributed by atoms with Crippen molar-refractivity contribution < 1.29 is 13.9 Å². The van der Waals surface area contributed by atoms with Gasteiger partial charge in [0.15, 0.2) is 0 Å². The number of halogens is 2. The molecule has 5 heteroatoms. The maximum Gasteiger partial charge on any atom is 0.267 e. The van der Waals surface area contributed by atoms with Gasteiger partial charge in [-0.2, -0.15) is 0 Å². The number of aromatic hydroxyl groups is 1. The molecule has 2 rings (SSSR count). The van der Waals surface area contributed by atoms with E-state index in [1.54, 1.807) is 13.0 Å². The summed E-state index contributed by atoms with van der Waals surface area (Å²) in [6.45, 7) is 3.14. The largest absolute Gasteiger partial charge is 0.507 e. The Balaban J connectivity index is 2.35. The van der Waals surface area contributed by atoms with Crippen molar-refractivity contribution in [1.29, 1.82) is 0 Å². The van der Waals surface area contributed by atoms with Crippen LogP contribution < -0.4 is 5.73 Å². The maximum absolute atomic E-state index is 12.9. The Hall–Kier alpha value is -1.20. The van der Waals surface area contributed by atoms with E-state index in [0.717, 1.165) is 18.5 Å². The summed E-state index contributed by atoms with van der Waals surface area (Å²) in [7, 11) is 1.98. The molecule has 1 aliphatic rings. The van der Waals surface area contributed by atoms with E-state index in [4.69, 9.17) is 5.73 Å². The molecule has 1 saturated heterocycles. The smallest absolute Gasteiger partial charge is 0.267 e. The lowest BCUT2D eigenvalue weighted by atomic mass is 9.96. The molecule has 1 aromatic carbocycles. The highest BCUT2D eigenvalue weighted by atomic mass is 19.3. The second-order valence-electron chi connectivity index (χ2n) is 5.37. The lowest BCUT2D eigenvalue weighted by molar-refractivity contribution is 0.147. The minimum Gasteiger partial charge on any atom is -0.507 e. The van der Waals surface area contributed by atoms with Crippen LogP contribution in [-0.4, -0.2) is 30.1 Å². The molecular formula is C14H20F2N2O. The summed E-state index contributed by atoms with van der Waals surface area (Å²) >= 11 is 0. The summed E-state index contributed by atoms with van der Waals surface area (Å²) < 4.78 is 25.8. The van der Waals surface area contributed by atoms with Crippen LogP contribution in [0.15, 0.2) is 12.1 Å². The molecule has 0 aliphatic carbocycles. The Morgan fingerprint density at radius 3 is 2.68 bits per heavy atom. The van der Waals surface area contributed by atoms with Gasteiger partial charge in [-0.3, -0.25) is 4.90 Å². The van der Waals surface area contributed by atoms with Gasteiger partial charge < -0.3 is 10.8 Å². The number of hydrogen-bond donors (Lipinski definition) is 2. The molecule has 106 valence electrons. The van der Waals surface area contributed by atoms with Gasteiger partial charge in [-0.05, 0) is 50.0 Å². The van der Waals surface area contributed by atoms with Crippen LogP contribution in [0.25, 0.3) is 0 Å². The monoisotopic (exact) mass is 270 g/mol. The highest BCUT2D eigenvalue weighted by molar-refractivity contribution is 5.44. The highest BCUT2D eigenvalue weighted by Gasteiger charge is 2.31. The molecule has 19 heavy (non-hydrogen) atoms. The first-order chi connectivity index (χ1) is 8.93. The van der Waals surface area contributed by atoms with Crippen molar-refractivity contribution in [3.8, 4) is 5.75 Å². The second kappa shape index (κ2) is 5.43. The first-order valence-electron chi connectivity index (χ1n) is 6.45. The SMILES string of the molecule is Cc1cc(C2CC(CN)CN2C)cc(C(F)F)c1O. The van der Waals surface area contributed by atoms with Crippen molar-refractivity contribution in [3.63, 3.8) is 0 Å². The van der Waals surface area contributed by atoms with Crippen molar-refractivity contribution in [3.05, 3.63) is 28.8 Å². The quantitative estimate of drug-likeness (QED) is 0.887. The number of rotatable bonds is 3. The maximum atomic E-state index is 12.9. The molecule has 2 atom stereocenters. The zero-order valence-corrected chi connectivity index (χ0v) is 11.2. The number of aryl methyl sites for hydroxylation is 1. The standard InChI is InChI=1S/C14H20F2N2O/c1-8-3-10(5-11(13(8)19)14(15)16)12-4-9(6-17)7-18(12)2/h3,5,9,12,14,19H,4,6-7,17H2,1-2H3. The fourth-order valence-electron chi connectivity index (χ4n) is 2.86. The van der Waals surface area contributed by atoms with Gasteiger partial charge in [-0.25, -0.2) is 8.78 Å². The van der Waals surface area contributed by atoms with Crippen molar-refractivity contribution in [1.82, 2.24) is 4.90 Å². The average Bonchev–Trinajstić information content (AvgIpc) is 2.73. The number of nitrogens with zero attached hydrogens (tertiary/aromatic N) is 1. The molecule has 0 radical (unpaired) electrons. The third kappa shape index (κ3) is 2.72. The molecule has 0 spiro atoms. The average molecular weight is 270 g/mol. The fourth-order valence-corrected chi connectivity index (χ4v) is 2.86. The van der Waals surface area contributed by atoms with Crippen molar-refractivity contribution in [2.24, 2.45) is 11.7 Å². The van der Waals surface area contributed by atoms with Crippen LogP contribution in [0.2, 0.25) is 0 Å². The minimum atomic E-state index is -2.66. The van der Waals surface area contributed by atoms with Gasteiger partial charge in [-0.1, -0.05) is 6.07 Å². The summed E-state index contributed by atoms with van der Waals surface area (Å²) in [5, 5.41) is 9.69. The van der Waals surface area contributed by atoms with Crippen LogP contribution in [0.1, 0.15) is 35.6 Å². The van der Waals surface area contributed by atoms with E-state index >= 15 is 0 Å². The Morgan fingerprint density at radius 1 is 1.47 bits per heavy atom. The predicted molar refractivity (Wildman–Crippen MR) is 70.3 cm³/mol. The molecule has 0 aromatic heterocycles. The van der Waals surface area contributed by atoms with E-state index in [9.17, 15) is 13.9 Å². The van der Waals surface area contributed by atoms with Crippen molar-refractivity contribution in [2.45, 2.75) is 25.8 Å². The summed E-state index contributed by atoms with van der Waals surface area (Å²) in [5.74, 6) is 0.105. The zero-order chi connectivity index (χ0) is 14.2. The number of benzene rings is 1. The Morgan fingerprint density at radius 2 is 2.16 bits per heavy atom. The van der Waals surface area contributed by atoms with E-state index in [1.165, 1.54) is 6.07 Å². The van der Waals surface area contributed by atoms with Gasteiger partial charge >= 0.3 is 0 Å². The summed E-state index contributed by atoms with van der Waals surface area (Å²) in [4.78, 5) is 2.14. The van der Waals surface area contributed by atoms with Gasteiger partial charge in [0.2, 0.25) is 0 Å². The van der Waals surface area contributed by atoms with Gasteiger partial charge in [-0.15, -0.1) is 0 Å². The second-order valence-corrected chi connectivity index (χ2v) is 5.37. The van der Waals surface area contributed by atoms with Gasteiger partial charge in [0, 0.05) is 12.6 Å². The lowest BCUT2D eigenvalue weighted by Crippen LogP contribution is -2.20. The summed E-state index contributed by atoms with van der Waals surface area (Å²) in [6.07, 6.45) is -1.78. The number of phenols is 1. The number of alkyl halides is 2. The topological polar surface area (TPSA) is 49.5 Å². The molecule has 1 fully saturated rings. The molecule has 3 nitrogen and oxygen atoms in total. The Labute approximate surface area is 112 Å². The molecular weight excluding hydrogens is 250 g/mol. The molecule has 1 aromatic rings. The van der Waals surface area contributed by atoms with Crippen LogP contribution in [0.5, 0.6) is 5.75 Å². The first kappa shape index (κ1) is 14.2. The molecule has 0 saturated carbocycles. The van der Waals surface area contributed by atoms with E-state index in [0.29, 0.717) is 18.0 Å². The molecule has 2 unspecified atom stereocenters. The number of nitrogens with two attached hydrogens (primary N) is 1. The van der Waals surface area contributed by atoms with E-state index < -0.39 is 6.43 Å². The van der Waals surface area contributed by atoms with Crippen molar-refractivity contribution in [2.75, 3.05) is 20.1 Å².